The fraction of sp³-hybridized carbons (Fsp3) is 1.00. The third-order valence-electron chi connectivity index (χ3n) is 9.11. The van der Waals surface area contributed by atoms with Crippen molar-refractivity contribution in [3.8, 4) is 0 Å². The summed E-state index contributed by atoms with van der Waals surface area (Å²) in [6, 6.07) is 0. The Morgan fingerprint density at radius 1 is 0.551 bits per heavy atom. The maximum atomic E-state index is 11.2. The SMILES string of the molecule is C[C@H]1CC[C@H](O)[C@H](OCCN(C)CCO[C@H]2O[C@H](CO[C@H]3O[C@H](CO)[C@@H](O)[C@H](O)[C@@H]3O)[C@@H](O)[C@H](O[C@H]3O[C@H](CO)[C@@H](O)[C@H](O)[C@@H]3O)[C@@H]2O)O1. The van der Waals surface area contributed by atoms with Crippen LogP contribution in [0.5, 0.6) is 0 Å². The van der Waals surface area contributed by atoms with E-state index in [9.17, 15) is 56.2 Å². The number of likely N-dealkylation sites (N-methyl/N-ethyl adjacent to an activating group) is 1. The highest BCUT2D eigenvalue weighted by Crippen LogP contribution is 2.31. The van der Waals surface area contributed by atoms with E-state index in [4.69, 9.17) is 37.9 Å². The molecule has 20 nitrogen and oxygen atoms in total. The summed E-state index contributed by atoms with van der Waals surface area (Å²) in [5.74, 6) is 0. The molecule has 0 radical (unpaired) electrons. The number of aliphatic hydroxyl groups is 11. The summed E-state index contributed by atoms with van der Waals surface area (Å²) in [7, 11) is 1.78. The molecule has 11 N–H and O–H groups in total. The fourth-order valence-corrected chi connectivity index (χ4v) is 5.91. The Balaban J connectivity index is 1.38. The Kier molecular flexibility index (Phi) is 15.7. The molecule has 4 rings (SSSR count). The van der Waals surface area contributed by atoms with Crippen LogP contribution in [-0.2, 0) is 37.9 Å². The number of ether oxygens (including phenoxy) is 8. The number of hydrogen-bond donors (Lipinski definition) is 11. The smallest absolute Gasteiger partial charge is 0.187 e. The molecule has 4 fully saturated rings. The summed E-state index contributed by atoms with van der Waals surface area (Å²) in [5, 5.41) is 113. The van der Waals surface area contributed by atoms with Crippen molar-refractivity contribution in [3.63, 3.8) is 0 Å². The first-order valence-corrected chi connectivity index (χ1v) is 16.4. The predicted molar refractivity (Wildman–Crippen MR) is 158 cm³/mol. The van der Waals surface area contributed by atoms with Gasteiger partial charge in [0.15, 0.2) is 25.2 Å². The molecule has 288 valence electrons. The van der Waals surface area contributed by atoms with Crippen molar-refractivity contribution in [3.05, 3.63) is 0 Å². The molecule has 18 atom stereocenters. The third-order valence-corrected chi connectivity index (χ3v) is 9.11. The first-order chi connectivity index (χ1) is 23.3. The van der Waals surface area contributed by atoms with Crippen molar-refractivity contribution >= 4 is 0 Å². The molecule has 49 heavy (non-hydrogen) atoms. The van der Waals surface area contributed by atoms with Crippen molar-refractivity contribution < 1.29 is 94.1 Å². The maximum Gasteiger partial charge on any atom is 0.187 e. The molecule has 4 saturated heterocycles. The predicted octanol–water partition coefficient (Wildman–Crippen LogP) is -6.71. The van der Waals surface area contributed by atoms with E-state index in [0.717, 1.165) is 6.42 Å². The lowest BCUT2D eigenvalue weighted by molar-refractivity contribution is -0.366. The van der Waals surface area contributed by atoms with E-state index in [1.807, 2.05) is 11.8 Å². The summed E-state index contributed by atoms with van der Waals surface area (Å²) >= 11 is 0. The number of aliphatic hydroxyl groups excluding tert-OH is 11. The Bertz CT molecular complexity index is 969. The van der Waals surface area contributed by atoms with Crippen LogP contribution < -0.4 is 0 Å². The van der Waals surface area contributed by atoms with E-state index in [0.29, 0.717) is 19.5 Å². The van der Waals surface area contributed by atoms with Gasteiger partial charge in [-0.1, -0.05) is 0 Å². The van der Waals surface area contributed by atoms with Gasteiger partial charge in [-0.05, 0) is 26.8 Å². The van der Waals surface area contributed by atoms with Crippen molar-refractivity contribution in [1.82, 2.24) is 4.90 Å². The van der Waals surface area contributed by atoms with Gasteiger partial charge in [0, 0.05) is 13.1 Å². The summed E-state index contributed by atoms with van der Waals surface area (Å²) in [5.41, 5.74) is 0. The Morgan fingerprint density at radius 2 is 1.06 bits per heavy atom. The summed E-state index contributed by atoms with van der Waals surface area (Å²) in [6.45, 7) is 0.807. The zero-order chi connectivity index (χ0) is 36.0. The van der Waals surface area contributed by atoms with Gasteiger partial charge in [-0.2, -0.15) is 0 Å². The second kappa shape index (κ2) is 18.8. The first-order valence-electron chi connectivity index (χ1n) is 16.4. The molecule has 4 aliphatic rings. The fourth-order valence-electron chi connectivity index (χ4n) is 5.91. The minimum absolute atomic E-state index is 0.0268. The van der Waals surface area contributed by atoms with Crippen molar-refractivity contribution in [2.24, 2.45) is 0 Å². The van der Waals surface area contributed by atoms with Gasteiger partial charge < -0.3 is 99.0 Å². The van der Waals surface area contributed by atoms with Crippen LogP contribution in [-0.4, -0.2) is 225 Å². The molecular formula is C29H53NO19. The van der Waals surface area contributed by atoms with E-state index >= 15 is 0 Å². The zero-order valence-electron chi connectivity index (χ0n) is 27.4. The Morgan fingerprint density at radius 3 is 1.65 bits per heavy atom. The minimum Gasteiger partial charge on any atom is -0.394 e. The van der Waals surface area contributed by atoms with Crippen LogP contribution in [0.15, 0.2) is 0 Å². The van der Waals surface area contributed by atoms with E-state index in [-0.39, 0.29) is 19.3 Å². The normalized spacial score (nSPS) is 46.7. The highest BCUT2D eigenvalue weighted by Gasteiger charge is 2.52. The second-order valence-electron chi connectivity index (χ2n) is 12.9. The average Bonchev–Trinajstić information content (AvgIpc) is 3.08. The largest absolute Gasteiger partial charge is 0.394 e. The zero-order valence-corrected chi connectivity index (χ0v) is 27.4. The van der Waals surface area contributed by atoms with E-state index < -0.39 is 124 Å². The topological polar surface area (TPSA) is 300 Å². The van der Waals surface area contributed by atoms with Crippen LogP contribution in [0.3, 0.4) is 0 Å². The number of nitrogens with zero attached hydrogens (tertiary/aromatic N) is 1. The molecule has 0 aromatic carbocycles. The second-order valence-corrected chi connectivity index (χ2v) is 12.9. The molecule has 0 unspecified atom stereocenters. The molecule has 0 aliphatic carbocycles. The van der Waals surface area contributed by atoms with Gasteiger partial charge in [-0.15, -0.1) is 0 Å². The van der Waals surface area contributed by atoms with Crippen molar-refractivity contribution in [1.29, 1.82) is 0 Å². The lowest BCUT2D eigenvalue weighted by atomic mass is 9.96. The molecule has 0 aromatic rings. The van der Waals surface area contributed by atoms with E-state index in [1.54, 1.807) is 7.05 Å². The highest BCUT2D eigenvalue weighted by atomic mass is 16.8. The first kappa shape index (κ1) is 41.0. The highest BCUT2D eigenvalue weighted by molar-refractivity contribution is 4.95. The molecule has 0 bridgehead atoms. The van der Waals surface area contributed by atoms with Crippen LogP contribution in [0.1, 0.15) is 19.8 Å². The number of rotatable bonds is 15. The van der Waals surface area contributed by atoms with Gasteiger partial charge in [0.05, 0.1) is 39.1 Å². The number of hydrogen-bond acceptors (Lipinski definition) is 20. The van der Waals surface area contributed by atoms with Gasteiger partial charge in [0.2, 0.25) is 0 Å². The minimum atomic E-state index is -1.86. The summed E-state index contributed by atoms with van der Waals surface area (Å²) < 4.78 is 44.9. The van der Waals surface area contributed by atoms with Gasteiger partial charge in [-0.3, -0.25) is 0 Å². The van der Waals surface area contributed by atoms with Crippen LogP contribution in [0, 0.1) is 0 Å². The van der Waals surface area contributed by atoms with Crippen LogP contribution in [0.4, 0.5) is 0 Å². The van der Waals surface area contributed by atoms with Gasteiger partial charge in [-0.25, -0.2) is 0 Å². The van der Waals surface area contributed by atoms with Crippen LogP contribution >= 0.6 is 0 Å². The van der Waals surface area contributed by atoms with Crippen LogP contribution in [0.2, 0.25) is 0 Å². The molecular weight excluding hydrogens is 666 g/mol. The Hall–Kier alpha value is -0.800. The molecule has 0 saturated carbocycles. The van der Waals surface area contributed by atoms with Gasteiger partial charge in [0.1, 0.15) is 79.4 Å². The lowest BCUT2D eigenvalue weighted by Crippen LogP contribution is -2.65. The molecule has 20 heteroatoms. The van der Waals surface area contributed by atoms with E-state index in [2.05, 4.69) is 0 Å². The van der Waals surface area contributed by atoms with Crippen molar-refractivity contribution in [2.45, 2.75) is 130 Å². The van der Waals surface area contributed by atoms with Gasteiger partial charge in [0.25, 0.3) is 0 Å². The average molecular weight is 720 g/mol. The summed E-state index contributed by atoms with van der Waals surface area (Å²) in [6.07, 6.45) is -24.6. The quantitative estimate of drug-likeness (QED) is 0.0749. The van der Waals surface area contributed by atoms with Crippen molar-refractivity contribution in [2.75, 3.05) is 53.2 Å². The molecule has 0 aromatic heterocycles. The third kappa shape index (κ3) is 10.2. The standard InChI is InChI=1S/C29H53NO19/c1-12-3-4-13(33)26(45-12)42-7-5-30(2)6-8-43-28-24(41)25(49-29-23(40)21(38)18(35)15(10-32)47-29)19(36)16(48-28)11-44-27-22(39)20(37)17(34)14(9-31)46-27/h12-29,31-41H,3-11H2,1-2H3/t12-,13-,14+,15+,16+,17+,18+,19+,20-,21-,22-,23-,24-,25-,26+,27-,28-,29+/m0/s1. The van der Waals surface area contributed by atoms with E-state index in [1.165, 1.54) is 0 Å². The molecule has 4 heterocycles. The summed E-state index contributed by atoms with van der Waals surface area (Å²) in [4.78, 5) is 1.84. The lowest BCUT2D eigenvalue weighted by Gasteiger charge is -2.46. The maximum absolute atomic E-state index is 11.2. The Labute approximate surface area is 282 Å². The van der Waals surface area contributed by atoms with Gasteiger partial charge >= 0.3 is 0 Å². The molecule has 0 amide bonds. The monoisotopic (exact) mass is 719 g/mol. The molecule has 0 spiro atoms. The molecule has 4 aliphatic heterocycles. The van der Waals surface area contributed by atoms with Crippen LogP contribution in [0.25, 0.3) is 0 Å².